The van der Waals surface area contributed by atoms with E-state index >= 15 is 0 Å². The Balaban J connectivity index is 1.42. The van der Waals surface area contributed by atoms with Crippen molar-refractivity contribution in [2.24, 2.45) is 5.92 Å². The zero-order valence-corrected chi connectivity index (χ0v) is 18.8. The van der Waals surface area contributed by atoms with Gasteiger partial charge in [0.25, 0.3) is 0 Å². The molecule has 2 amide bonds. The molecule has 1 aliphatic rings. The van der Waals surface area contributed by atoms with Gasteiger partial charge >= 0.3 is 0 Å². The van der Waals surface area contributed by atoms with Crippen LogP contribution in [0.4, 0.5) is 10.8 Å². The summed E-state index contributed by atoms with van der Waals surface area (Å²) in [6.07, 6.45) is 0.159. The molecule has 0 radical (unpaired) electrons. The maximum absolute atomic E-state index is 12.8. The minimum atomic E-state index is -0.446. The number of hydrogen-bond acceptors (Lipinski definition) is 7. The summed E-state index contributed by atoms with van der Waals surface area (Å²) in [6.45, 7) is 0.324. The van der Waals surface area contributed by atoms with Gasteiger partial charge in [-0.1, -0.05) is 0 Å². The quantitative estimate of drug-likeness (QED) is 0.585. The molecule has 32 heavy (non-hydrogen) atoms. The molecule has 9 heteroatoms. The molecule has 0 bridgehead atoms. The molecule has 2 heterocycles. The smallest absolute Gasteiger partial charge is 0.231 e. The monoisotopic (exact) mass is 453 g/mol. The highest BCUT2D eigenvalue weighted by Crippen LogP contribution is 2.34. The Labute approximate surface area is 189 Å². The lowest BCUT2D eigenvalue weighted by molar-refractivity contribution is -0.122. The van der Waals surface area contributed by atoms with Crippen molar-refractivity contribution in [3.8, 4) is 28.5 Å². The van der Waals surface area contributed by atoms with Crippen LogP contribution in [-0.2, 0) is 9.59 Å². The number of hydrogen-bond donors (Lipinski definition) is 1. The first-order chi connectivity index (χ1) is 15.5. The summed E-state index contributed by atoms with van der Waals surface area (Å²) >= 11 is 1.33. The van der Waals surface area contributed by atoms with E-state index in [0.29, 0.717) is 34.6 Å². The van der Waals surface area contributed by atoms with Crippen molar-refractivity contribution in [2.45, 2.75) is 6.42 Å². The Morgan fingerprint density at radius 3 is 2.50 bits per heavy atom. The number of anilines is 2. The predicted octanol–water partition coefficient (Wildman–Crippen LogP) is 3.83. The number of amides is 2. The van der Waals surface area contributed by atoms with E-state index in [1.54, 1.807) is 38.4 Å². The van der Waals surface area contributed by atoms with Gasteiger partial charge in [-0.05, 0) is 42.5 Å². The minimum absolute atomic E-state index is 0.0829. The maximum Gasteiger partial charge on any atom is 0.231 e. The Morgan fingerprint density at radius 2 is 1.81 bits per heavy atom. The third-order valence-corrected chi connectivity index (χ3v) is 6.05. The van der Waals surface area contributed by atoms with Gasteiger partial charge in [-0.15, -0.1) is 11.3 Å². The Morgan fingerprint density at radius 1 is 1.06 bits per heavy atom. The molecule has 0 saturated carbocycles. The van der Waals surface area contributed by atoms with Crippen LogP contribution in [-0.4, -0.2) is 44.7 Å². The fourth-order valence-corrected chi connectivity index (χ4v) is 4.28. The van der Waals surface area contributed by atoms with E-state index in [1.165, 1.54) is 11.3 Å². The van der Waals surface area contributed by atoms with Crippen molar-refractivity contribution in [3.63, 3.8) is 0 Å². The van der Waals surface area contributed by atoms with Crippen molar-refractivity contribution < 1.29 is 23.8 Å². The van der Waals surface area contributed by atoms with Gasteiger partial charge in [-0.3, -0.25) is 9.59 Å². The summed E-state index contributed by atoms with van der Waals surface area (Å²) in [7, 11) is 4.75. The van der Waals surface area contributed by atoms with Crippen LogP contribution in [0, 0.1) is 5.92 Å². The average molecular weight is 454 g/mol. The van der Waals surface area contributed by atoms with E-state index in [0.717, 1.165) is 11.3 Å². The van der Waals surface area contributed by atoms with Gasteiger partial charge in [0.1, 0.15) is 5.75 Å². The number of ether oxygens (including phenoxy) is 3. The molecule has 1 atom stereocenters. The van der Waals surface area contributed by atoms with E-state index in [-0.39, 0.29) is 18.2 Å². The van der Waals surface area contributed by atoms with Crippen LogP contribution in [0.5, 0.6) is 17.2 Å². The van der Waals surface area contributed by atoms with Crippen LogP contribution in [0.1, 0.15) is 6.42 Å². The summed E-state index contributed by atoms with van der Waals surface area (Å²) < 4.78 is 15.8. The van der Waals surface area contributed by atoms with E-state index in [2.05, 4.69) is 10.3 Å². The van der Waals surface area contributed by atoms with Crippen LogP contribution in [0.25, 0.3) is 11.3 Å². The van der Waals surface area contributed by atoms with Crippen molar-refractivity contribution in [2.75, 3.05) is 38.1 Å². The molecule has 0 spiro atoms. The van der Waals surface area contributed by atoms with E-state index in [9.17, 15) is 9.59 Å². The van der Waals surface area contributed by atoms with Gasteiger partial charge in [-0.25, -0.2) is 4.98 Å². The fourth-order valence-electron chi connectivity index (χ4n) is 3.56. The Bertz CT molecular complexity index is 1130. The standard InChI is InChI=1S/C23H23N3O5S/c1-29-17-7-5-16(6-8-17)26-12-15(11-21(26)27)22(28)25-23-24-18(13-32-23)14-4-9-19(30-2)20(10-14)31-3/h4-10,13,15H,11-12H2,1-3H3,(H,24,25,28). The molecule has 2 aromatic carbocycles. The van der Waals surface area contributed by atoms with Gasteiger partial charge in [0.15, 0.2) is 16.6 Å². The number of nitrogens with zero attached hydrogens (tertiary/aromatic N) is 2. The first-order valence-electron chi connectivity index (χ1n) is 9.95. The van der Waals surface area contributed by atoms with Crippen LogP contribution < -0.4 is 24.4 Å². The third-order valence-electron chi connectivity index (χ3n) is 5.29. The van der Waals surface area contributed by atoms with E-state index < -0.39 is 5.92 Å². The first kappa shape index (κ1) is 21.6. The molecule has 8 nitrogen and oxygen atoms in total. The van der Waals surface area contributed by atoms with Crippen LogP contribution >= 0.6 is 11.3 Å². The largest absolute Gasteiger partial charge is 0.497 e. The highest BCUT2D eigenvalue weighted by Gasteiger charge is 2.35. The Kier molecular flexibility index (Phi) is 6.27. The first-order valence-corrected chi connectivity index (χ1v) is 10.8. The topological polar surface area (TPSA) is 90.0 Å². The number of benzene rings is 2. The molecule has 1 N–H and O–H groups in total. The Hall–Kier alpha value is -3.59. The summed E-state index contributed by atoms with van der Waals surface area (Å²) in [5, 5.41) is 5.19. The van der Waals surface area contributed by atoms with Gasteiger partial charge in [0.2, 0.25) is 11.8 Å². The number of nitrogens with one attached hydrogen (secondary N) is 1. The molecule has 1 unspecified atom stereocenters. The second-order valence-corrected chi connectivity index (χ2v) is 8.06. The zero-order valence-electron chi connectivity index (χ0n) is 18.0. The molecule has 1 saturated heterocycles. The summed E-state index contributed by atoms with van der Waals surface area (Å²) in [5.41, 5.74) is 2.31. The molecule has 166 valence electrons. The average Bonchev–Trinajstić information content (AvgIpc) is 3.45. The van der Waals surface area contributed by atoms with Crippen molar-refractivity contribution in [1.82, 2.24) is 4.98 Å². The number of carbonyl (C=O) groups is 2. The zero-order chi connectivity index (χ0) is 22.7. The predicted molar refractivity (Wildman–Crippen MR) is 123 cm³/mol. The molecule has 0 aliphatic carbocycles. The van der Waals surface area contributed by atoms with E-state index in [1.807, 2.05) is 35.7 Å². The van der Waals surface area contributed by atoms with Crippen molar-refractivity contribution >= 4 is 34.0 Å². The summed E-state index contributed by atoms with van der Waals surface area (Å²) in [4.78, 5) is 31.4. The van der Waals surface area contributed by atoms with Crippen molar-refractivity contribution in [3.05, 3.63) is 47.8 Å². The van der Waals surface area contributed by atoms with Gasteiger partial charge in [0, 0.05) is 29.6 Å². The number of methoxy groups -OCH3 is 3. The maximum atomic E-state index is 12.8. The van der Waals surface area contributed by atoms with E-state index in [4.69, 9.17) is 14.2 Å². The molecule has 4 rings (SSSR count). The summed E-state index contributed by atoms with van der Waals surface area (Å²) in [6, 6.07) is 12.7. The molecule has 1 aliphatic heterocycles. The molecular weight excluding hydrogens is 430 g/mol. The lowest BCUT2D eigenvalue weighted by Gasteiger charge is -2.16. The fraction of sp³-hybridized carbons (Fsp3) is 0.261. The number of aromatic nitrogens is 1. The highest BCUT2D eigenvalue weighted by atomic mass is 32.1. The molecule has 3 aromatic rings. The molecule has 1 fully saturated rings. The lowest BCUT2D eigenvalue weighted by Crippen LogP contribution is -2.28. The number of rotatable bonds is 7. The van der Waals surface area contributed by atoms with Gasteiger partial charge < -0.3 is 24.4 Å². The molecule has 1 aromatic heterocycles. The summed E-state index contributed by atoms with van der Waals surface area (Å²) in [5.74, 6) is 1.20. The van der Waals surface area contributed by atoms with Gasteiger partial charge in [0.05, 0.1) is 32.9 Å². The normalized spacial score (nSPS) is 15.5. The molecular formula is C23H23N3O5S. The van der Waals surface area contributed by atoms with Crippen LogP contribution in [0.2, 0.25) is 0 Å². The van der Waals surface area contributed by atoms with Gasteiger partial charge in [-0.2, -0.15) is 0 Å². The third kappa shape index (κ3) is 4.38. The van der Waals surface area contributed by atoms with Crippen LogP contribution in [0.15, 0.2) is 47.8 Å². The van der Waals surface area contributed by atoms with Crippen LogP contribution in [0.3, 0.4) is 0 Å². The highest BCUT2D eigenvalue weighted by molar-refractivity contribution is 7.14. The number of thiazole rings is 1. The lowest BCUT2D eigenvalue weighted by atomic mass is 10.1. The van der Waals surface area contributed by atoms with Crippen molar-refractivity contribution in [1.29, 1.82) is 0 Å². The SMILES string of the molecule is COc1ccc(N2CC(C(=O)Nc3nc(-c4ccc(OC)c(OC)c4)cs3)CC2=O)cc1. The second kappa shape index (κ2) is 9.27. The second-order valence-electron chi connectivity index (χ2n) is 7.20. The minimum Gasteiger partial charge on any atom is -0.497 e. The number of carbonyl (C=O) groups excluding carboxylic acids is 2.